The molecule has 2 aromatic carbocycles. The molecule has 4 rings (SSSR count). The molecule has 0 spiro atoms. The lowest BCUT2D eigenvalue weighted by Gasteiger charge is -2.29. The molecule has 1 unspecified atom stereocenters. The van der Waals surface area contributed by atoms with Crippen molar-refractivity contribution in [1.29, 1.82) is 0 Å². The van der Waals surface area contributed by atoms with E-state index in [0.717, 1.165) is 24.7 Å². The highest BCUT2D eigenvalue weighted by atomic mass is 19.1. The van der Waals surface area contributed by atoms with Crippen LogP contribution >= 0.6 is 0 Å². The van der Waals surface area contributed by atoms with Crippen LogP contribution in [0.2, 0.25) is 0 Å². The number of benzene rings is 2. The molecule has 2 aliphatic carbocycles. The molecule has 0 aromatic heterocycles. The fourth-order valence-corrected chi connectivity index (χ4v) is 5.33. The lowest BCUT2D eigenvalue weighted by Crippen LogP contribution is -2.14. The molecule has 27 heavy (non-hydrogen) atoms. The van der Waals surface area contributed by atoms with Crippen LogP contribution in [0.1, 0.15) is 92.4 Å². The zero-order valence-electron chi connectivity index (χ0n) is 16.7. The van der Waals surface area contributed by atoms with E-state index in [2.05, 4.69) is 31.2 Å². The molecule has 1 saturated carbocycles. The first-order valence-electron chi connectivity index (χ1n) is 11.1. The lowest BCUT2D eigenvalue weighted by molar-refractivity contribution is 0.304. The molecule has 2 aromatic rings. The molecule has 0 heterocycles. The summed E-state index contributed by atoms with van der Waals surface area (Å²) in [5.74, 6) is 2.18. The molecule has 1 heteroatoms. The molecule has 0 saturated heterocycles. The molecule has 0 bridgehead atoms. The molecule has 0 radical (unpaired) electrons. The van der Waals surface area contributed by atoms with E-state index < -0.39 is 0 Å². The van der Waals surface area contributed by atoms with Crippen LogP contribution < -0.4 is 0 Å². The fourth-order valence-electron chi connectivity index (χ4n) is 5.33. The van der Waals surface area contributed by atoms with E-state index in [0.29, 0.717) is 5.92 Å². The molecule has 1 fully saturated rings. The van der Waals surface area contributed by atoms with Crippen molar-refractivity contribution in [3.05, 3.63) is 70.5 Å². The third-order valence-corrected chi connectivity index (χ3v) is 7.09. The van der Waals surface area contributed by atoms with Gasteiger partial charge in [-0.3, -0.25) is 0 Å². The van der Waals surface area contributed by atoms with Crippen LogP contribution in [-0.2, 0) is 12.8 Å². The first kappa shape index (κ1) is 18.7. The van der Waals surface area contributed by atoms with E-state index >= 15 is 0 Å². The van der Waals surface area contributed by atoms with Gasteiger partial charge in [-0.05, 0) is 97.1 Å². The van der Waals surface area contributed by atoms with Crippen molar-refractivity contribution in [2.24, 2.45) is 5.92 Å². The quantitative estimate of drug-likeness (QED) is 0.513. The Kier molecular flexibility index (Phi) is 5.95. The Balaban J connectivity index is 1.37. The van der Waals surface area contributed by atoms with Crippen LogP contribution in [0.3, 0.4) is 0 Å². The molecule has 1 atom stereocenters. The fraction of sp³-hybridized carbons (Fsp3) is 0.538. The lowest BCUT2D eigenvalue weighted by atomic mass is 9.76. The van der Waals surface area contributed by atoms with Crippen LogP contribution in [0.4, 0.5) is 4.39 Å². The van der Waals surface area contributed by atoms with Crippen molar-refractivity contribution in [3.8, 4) is 0 Å². The van der Waals surface area contributed by atoms with Gasteiger partial charge in [-0.15, -0.1) is 0 Å². The Labute approximate surface area is 164 Å². The molecular formula is C26H33F. The molecule has 2 aliphatic rings. The monoisotopic (exact) mass is 364 g/mol. The van der Waals surface area contributed by atoms with Gasteiger partial charge in [0.05, 0.1) is 0 Å². The SMILES string of the molecule is CCCCC1CCC(c2ccc(C3CCc4ccc(F)cc4C3)cc2)CC1. The predicted molar refractivity (Wildman–Crippen MR) is 112 cm³/mol. The summed E-state index contributed by atoms with van der Waals surface area (Å²) in [6, 6.07) is 14.8. The highest BCUT2D eigenvalue weighted by Gasteiger charge is 2.23. The average Bonchev–Trinajstić information content (AvgIpc) is 2.72. The van der Waals surface area contributed by atoms with E-state index in [-0.39, 0.29) is 5.82 Å². The molecular weight excluding hydrogens is 331 g/mol. The van der Waals surface area contributed by atoms with E-state index in [9.17, 15) is 4.39 Å². The maximum atomic E-state index is 13.6. The van der Waals surface area contributed by atoms with Crippen molar-refractivity contribution in [3.63, 3.8) is 0 Å². The second-order valence-corrected chi connectivity index (χ2v) is 8.88. The second kappa shape index (κ2) is 8.59. The Morgan fingerprint density at radius 2 is 1.52 bits per heavy atom. The number of halogens is 1. The van der Waals surface area contributed by atoms with E-state index in [4.69, 9.17) is 0 Å². The largest absolute Gasteiger partial charge is 0.207 e. The summed E-state index contributed by atoms with van der Waals surface area (Å²) < 4.78 is 13.6. The van der Waals surface area contributed by atoms with Gasteiger partial charge in [0, 0.05) is 0 Å². The minimum absolute atomic E-state index is 0.0979. The van der Waals surface area contributed by atoms with Crippen LogP contribution in [0.5, 0.6) is 0 Å². The van der Waals surface area contributed by atoms with Gasteiger partial charge in [0.25, 0.3) is 0 Å². The van der Waals surface area contributed by atoms with Gasteiger partial charge in [0.1, 0.15) is 5.82 Å². The van der Waals surface area contributed by atoms with Crippen molar-refractivity contribution < 1.29 is 4.39 Å². The maximum absolute atomic E-state index is 13.6. The highest BCUT2D eigenvalue weighted by Crippen LogP contribution is 2.39. The van der Waals surface area contributed by atoms with Crippen molar-refractivity contribution in [2.75, 3.05) is 0 Å². The topological polar surface area (TPSA) is 0 Å². The molecule has 0 aliphatic heterocycles. The summed E-state index contributed by atoms with van der Waals surface area (Å²) in [5, 5.41) is 0. The van der Waals surface area contributed by atoms with E-state index in [1.54, 1.807) is 12.1 Å². The normalized spacial score (nSPS) is 25.2. The minimum atomic E-state index is -0.0979. The molecule has 0 amide bonds. The standard InChI is InChI=1S/C26H33F/c1-2-3-4-19-5-7-20(8-6-19)21-9-11-22(12-10-21)24-14-13-23-15-16-26(27)18-25(23)17-24/h9-12,15-16,18-20,24H,2-8,13-14,17H2,1H3. The summed E-state index contributed by atoms with van der Waals surface area (Å²) in [6.07, 6.45) is 13.0. The average molecular weight is 365 g/mol. The Morgan fingerprint density at radius 1 is 0.815 bits per heavy atom. The summed E-state index contributed by atoms with van der Waals surface area (Å²) in [7, 11) is 0. The first-order valence-corrected chi connectivity index (χ1v) is 11.1. The smallest absolute Gasteiger partial charge is 0.123 e. The first-order chi connectivity index (χ1) is 13.2. The van der Waals surface area contributed by atoms with Crippen LogP contribution in [0.15, 0.2) is 42.5 Å². The van der Waals surface area contributed by atoms with Crippen molar-refractivity contribution in [2.45, 2.75) is 83.0 Å². The number of unbranched alkanes of at least 4 members (excludes halogenated alkanes) is 1. The number of fused-ring (bicyclic) bond motifs is 1. The van der Waals surface area contributed by atoms with Crippen LogP contribution in [0, 0.1) is 11.7 Å². The van der Waals surface area contributed by atoms with Crippen LogP contribution in [-0.4, -0.2) is 0 Å². The number of rotatable bonds is 5. The third kappa shape index (κ3) is 4.45. The number of aryl methyl sites for hydroxylation is 1. The Morgan fingerprint density at radius 3 is 2.22 bits per heavy atom. The zero-order valence-corrected chi connectivity index (χ0v) is 16.7. The van der Waals surface area contributed by atoms with E-state index in [1.807, 2.05) is 6.07 Å². The second-order valence-electron chi connectivity index (χ2n) is 8.88. The van der Waals surface area contributed by atoms with Crippen molar-refractivity contribution >= 4 is 0 Å². The summed E-state index contributed by atoms with van der Waals surface area (Å²) in [6.45, 7) is 2.30. The van der Waals surface area contributed by atoms with Gasteiger partial charge in [-0.25, -0.2) is 4.39 Å². The third-order valence-electron chi connectivity index (χ3n) is 7.09. The van der Waals surface area contributed by atoms with Crippen LogP contribution in [0.25, 0.3) is 0 Å². The van der Waals surface area contributed by atoms with Gasteiger partial charge >= 0.3 is 0 Å². The van der Waals surface area contributed by atoms with Crippen molar-refractivity contribution in [1.82, 2.24) is 0 Å². The molecule has 0 N–H and O–H groups in total. The number of hydrogen-bond acceptors (Lipinski definition) is 0. The highest BCUT2D eigenvalue weighted by molar-refractivity contribution is 5.35. The van der Waals surface area contributed by atoms with Gasteiger partial charge in [-0.1, -0.05) is 56.5 Å². The van der Waals surface area contributed by atoms with Gasteiger partial charge < -0.3 is 0 Å². The predicted octanol–water partition coefficient (Wildman–Crippen LogP) is 7.56. The summed E-state index contributed by atoms with van der Waals surface area (Å²) in [5.41, 5.74) is 5.52. The Hall–Kier alpha value is -1.63. The minimum Gasteiger partial charge on any atom is -0.207 e. The maximum Gasteiger partial charge on any atom is 0.123 e. The van der Waals surface area contributed by atoms with Gasteiger partial charge in [0.2, 0.25) is 0 Å². The summed E-state index contributed by atoms with van der Waals surface area (Å²) >= 11 is 0. The molecule has 0 nitrogen and oxygen atoms in total. The van der Waals surface area contributed by atoms with Gasteiger partial charge in [0.15, 0.2) is 0 Å². The zero-order chi connectivity index (χ0) is 18.6. The molecule has 144 valence electrons. The van der Waals surface area contributed by atoms with Gasteiger partial charge in [-0.2, -0.15) is 0 Å². The Bertz CT molecular complexity index is 737. The van der Waals surface area contributed by atoms with E-state index in [1.165, 1.54) is 73.6 Å². The summed E-state index contributed by atoms with van der Waals surface area (Å²) in [4.78, 5) is 0. The number of hydrogen-bond donors (Lipinski definition) is 0.